The first-order valence-corrected chi connectivity index (χ1v) is 29.8. The molecule has 3 N–H and O–H groups in total. The summed E-state index contributed by atoms with van der Waals surface area (Å²) in [5.41, 5.74) is 0. The minimum absolute atomic E-state index is 0.0116. The molecule has 0 saturated carbocycles. The first kappa shape index (κ1) is 63.9. The molecule has 0 aliphatic heterocycles. The molecule has 0 aromatic heterocycles. The Balaban J connectivity index is 3.38. The molecule has 2 atom stereocenters. The van der Waals surface area contributed by atoms with Gasteiger partial charge in [-0.2, -0.15) is 0 Å². The summed E-state index contributed by atoms with van der Waals surface area (Å²) >= 11 is 0. The van der Waals surface area contributed by atoms with Gasteiger partial charge in [-0.25, -0.2) is 0 Å². The first-order chi connectivity index (χ1) is 32.0. The lowest BCUT2D eigenvalue weighted by Gasteiger charge is -2.22. The third kappa shape index (κ3) is 52.1. The molecule has 0 aromatic carbocycles. The second kappa shape index (κ2) is 55.5. The van der Waals surface area contributed by atoms with Gasteiger partial charge in [0, 0.05) is 12.8 Å². The van der Waals surface area contributed by atoms with Gasteiger partial charge < -0.3 is 20.3 Å². The lowest BCUT2D eigenvalue weighted by molar-refractivity contribution is -0.143. The predicted octanol–water partition coefficient (Wildman–Crippen LogP) is 18.3. The normalized spacial score (nSPS) is 12.5. The molecular weight excluding hydrogens is 803 g/mol. The van der Waals surface area contributed by atoms with Gasteiger partial charge in [0.15, 0.2) is 0 Å². The van der Waals surface area contributed by atoms with Crippen LogP contribution in [0.4, 0.5) is 0 Å². The smallest absolute Gasteiger partial charge is 0.305 e. The number of amides is 1. The second-order valence-electron chi connectivity index (χ2n) is 20.7. The van der Waals surface area contributed by atoms with E-state index in [1.54, 1.807) is 0 Å². The average molecular weight is 921 g/mol. The van der Waals surface area contributed by atoms with Gasteiger partial charge in [0.05, 0.1) is 25.4 Å². The zero-order chi connectivity index (χ0) is 47.2. The van der Waals surface area contributed by atoms with Crippen molar-refractivity contribution in [3.8, 4) is 0 Å². The van der Waals surface area contributed by atoms with Crippen LogP contribution in [0, 0.1) is 0 Å². The van der Waals surface area contributed by atoms with Crippen LogP contribution in [0.25, 0.3) is 0 Å². The van der Waals surface area contributed by atoms with Gasteiger partial charge in [-0.1, -0.05) is 303 Å². The molecule has 0 aromatic rings. The van der Waals surface area contributed by atoms with Crippen LogP contribution in [0.2, 0.25) is 0 Å². The third-order valence-corrected chi connectivity index (χ3v) is 14.2. The fourth-order valence-corrected chi connectivity index (χ4v) is 9.58. The minimum Gasteiger partial charge on any atom is -0.466 e. The highest BCUT2D eigenvalue weighted by Gasteiger charge is 2.20. The largest absolute Gasteiger partial charge is 0.466 e. The van der Waals surface area contributed by atoms with Crippen molar-refractivity contribution >= 4 is 11.9 Å². The Morgan fingerprint density at radius 2 is 0.631 bits per heavy atom. The summed E-state index contributed by atoms with van der Waals surface area (Å²) in [5.74, 6) is -0.0230. The van der Waals surface area contributed by atoms with Crippen LogP contribution < -0.4 is 5.32 Å². The average Bonchev–Trinajstić information content (AvgIpc) is 3.31. The van der Waals surface area contributed by atoms with Gasteiger partial charge in [0.25, 0.3) is 0 Å². The number of nitrogens with one attached hydrogen (secondary N) is 1. The van der Waals surface area contributed by atoms with Gasteiger partial charge >= 0.3 is 5.97 Å². The number of esters is 1. The summed E-state index contributed by atoms with van der Waals surface area (Å²) in [7, 11) is 0. The third-order valence-electron chi connectivity index (χ3n) is 14.2. The number of aliphatic hydroxyl groups excluding tert-OH is 2. The molecule has 2 unspecified atom stereocenters. The summed E-state index contributed by atoms with van der Waals surface area (Å²) in [6.07, 6.45) is 63.8. The topological polar surface area (TPSA) is 95.9 Å². The Morgan fingerprint density at radius 1 is 0.369 bits per heavy atom. The van der Waals surface area contributed by atoms with Crippen LogP contribution in [-0.2, 0) is 14.3 Å². The molecule has 6 nitrogen and oxygen atoms in total. The molecule has 0 spiro atoms. The van der Waals surface area contributed by atoms with Crippen LogP contribution in [0.3, 0.4) is 0 Å². The number of aliphatic hydroxyl groups is 2. The SMILES string of the molecule is CCCCCCCCCCCCCCCCCCC(O)C(CO)NC(=O)CCCCCCCCCCCCCCCCCCCCCOC(=O)CCCCCCCCCCCCCCC. The van der Waals surface area contributed by atoms with Crippen molar-refractivity contribution in [2.75, 3.05) is 13.2 Å². The fraction of sp³-hybridized carbons (Fsp3) is 0.966. The highest BCUT2D eigenvalue weighted by atomic mass is 16.5. The van der Waals surface area contributed by atoms with Gasteiger partial charge in [0.2, 0.25) is 5.91 Å². The van der Waals surface area contributed by atoms with Crippen LogP contribution in [0.5, 0.6) is 0 Å². The van der Waals surface area contributed by atoms with Crippen molar-refractivity contribution in [3.63, 3.8) is 0 Å². The van der Waals surface area contributed by atoms with E-state index in [4.69, 9.17) is 4.74 Å². The number of hydrogen-bond donors (Lipinski definition) is 3. The molecule has 388 valence electrons. The lowest BCUT2D eigenvalue weighted by atomic mass is 10.0. The summed E-state index contributed by atoms with van der Waals surface area (Å²) in [4.78, 5) is 24.5. The highest BCUT2D eigenvalue weighted by Crippen LogP contribution is 2.18. The van der Waals surface area contributed by atoms with E-state index in [1.165, 1.54) is 270 Å². The zero-order valence-corrected chi connectivity index (χ0v) is 44.3. The van der Waals surface area contributed by atoms with Crippen LogP contribution >= 0.6 is 0 Å². The van der Waals surface area contributed by atoms with Crippen molar-refractivity contribution in [2.45, 2.75) is 353 Å². The van der Waals surface area contributed by atoms with E-state index >= 15 is 0 Å². The summed E-state index contributed by atoms with van der Waals surface area (Å²) in [6.45, 7) is 4.98. The van der Waals surface area contributed by atoms with Crippen LogP contribution in [-0.4, -0.2) is 47.4 Å². The Morgan fingerprint density at radius 3 is 0.938 bits per heavy atom. The minimum atomic E-state index is -0.665. The molecule has 0 radical (unpaired) electrons. The molecule has 0 fully saturated rings. The Hall–Kier alpha value is -1.14. The van der Waals surface area contributed by atoms with Gasteiger partial charge in [0.1, 0.15) is 0 Å². The van der Waals surface area contributed by atoms with Crippen molar-refractivity contribution in [2.24, 2.45) is 0 Å². The van der Waals surface area contributed by atoms with E-state index in [0.717, 1.165) is 38.5 Å². The molecule has 0 saturated heterocycles. The van der Waals surface area contributed by atoms with E-state index in [1.807, 2.05) is 0 Å². The second-order valence-corrected chi connectivity index (χ2v) is 20.7. The van der Waals surface area contributed by atoms with Crippen molar-refractivity contribution < 1.29 is 24.5 Å². The molecule has 1 amide bonds. The number of carbonyl (C=O) groups excluding carboxylic acids is 2. The van der Waals surface area contributed by atoms with Gasteiger partial charge in [-0.15, -0.1) is 0 Å². The van der Waals surface area contributed by atoms with Gasteiger partial charge in [-0.05, 0) is 25.7 Å². The molecule has 0 aliphatic carbocycles. The molecule has 0 heterocycles. The quantitative estimate of drug-likeness (QED) is 0.0417. The Bertz CT molecular complexity index is 928. The van der Waals surface area contributed by atoms with Gasteiger partial charge in [-0.3, -0.25) is 9.59 Å². The number of hydrogen-bond acceptors (Lipinski definition) is 5. The fourth-order valence-electron chi connectivity index (χ4n) is 9.58. The summed E-state index contributed by atoms with van der Waals surface area (Å²) in [6, 6.07) is -0.542. The van der Waals surface area contributed by atoms with E-state index in [9.17, 15) is 19.8 Å². The van der Waals surface area contributed by atoms with Crippen molar-refractivity contribution in [1.29, 1.82) is 0 Å². The number of unbranched alkanes of at least 4 members (excludes halogenated alkanes) is 45. The maximum Gasteiger partial charge on any atom is 0.305 e. The van der Waals surface area contributed by atoms with E-state index in [2.05, 4.69) is 19.2 Å². The molecule has 6 heteroatoms. The number of rotatable bonds is 56. The maximum absolute atomic E-state index is 12.5. The Labute approximate surface area is 406 Å². The zero-order valence-electron chi connectivity index (χ0n) is 44.3. The van der Waals surface area contributed by atoms with Crippen molar-refractivity contribution in [3.05, 3.63) is 0 Å². The Kier molecular flexibility index (Phi) is 54.5. The van der Waals surface area contributed by atoms with E-state index < -0.39 is 12.1 Å². The number of carbonyl (C=O) groups is 2. The molecule has 0 aliphatic rings. The predicted molar refractivity (Wildman–Crippen MR) is 283 cm³/mol. The molecular formula is C59H117NO5. The molecule has 0 rings (SSSR count). The van der Waals surface area contributed by atoms with Crippen LogP contribution in [0.1, 0.15) is 341 Å². The first-order valence-electron chi connectivity index (χ1n) is 29.8. The highest BCUT2D eigenvalue weighted by molar-refractivity contribution is 5.76. The standard InChI is InChI=1S/C59H117NO5/c1-3-5-7-9-11-13-15-17-18-24-28-31-35-39-43-47-51-57(62)56(55-61)60-58(63)52-48-44-40-36-32-29-25-22-20-19-21-23-26-30-34-38-42-46-50-54-65-59(64)53-49-45-41-37-33-27-16-14-12-10-8-6-4-2/h56-57,61-62H,3-55H2,1-2H3,(H,60,63). The van der Waals surface area contributed by atoms with Crippen molar-refractivity contribution in [1.82, 2.24) is 5.32 Å². The maximum atomic E-state index is 12.5. The summed E-state index contributed by atoms with van der Waals surface area (Å²) < 4.78 is 5.48. The monoisotopic (exact) mass is 920 g/mol. The van der Waals surface area contributed by atoms with E-state index in [0.29, 0.717) is 25.9 Å². The molecule has 65 heavy (non-hydrogen) atoms. The van der Waals surface area contributed by atoms with E-state index in [-0.39, 0.29) is 18.5 Å². The number of ether oxygens (including phenoxy) is 1. The summed E-state index contributed by atoms with van der Waals surface area (Å²) in [5, 5.41) is 23.3. The lowest BCUT2D eigenvalue weighted by Crippen LogP contribution is -2.45. The van der Waals surface area contributed by atoms with Crippen LogP contribution in [0.15, 0.2) is 0 Å². The molecule has 0 bridgehead atoms.